The Kier molecular flexibility index (Phi) is 4.98. The molecule has 1 aliphatic carbocycles. The molecule has 0 unspecified atom stereocenters. The van der Waals surface area contributed by atoms with Gasteiger partial charge in [0, 0.05) is 12.0 Å². The van der Waals surface area contributed by atoms with Gasteiger partial charge in [0.05, 0.1) is 28.8 Å². The topological polar surface area (TPSA) is 81.8 Å². The van der Waals surface area contributed by atoms with Crippen LogP contribution < -0.4 is 10.9 Å². The quantitative estimate of drug-likeness (QED) is 0.697. The van der Waals surface area contributed by atoms with Gasteiger partial charge in [0.25, 0.3) is 5.56 Å². The fraction of sp³-hybridized carbons (Fsp3) is 0.455. The fourth-order valence-electron chi connectivity index (χ4n) is 3.62. The SMILES string of the molecule is Cc1ccc([C@H](C)NC(=O)Cn2ncc3c(c(C4CC4)nn3C(C)C)c2=O)cc1. The summed E-state index contributed by atoms with van der Waals surface area (Å²) in [5.41, 5.74) is 3.55. The molecule has 3 aromatic rings. The van der Waals surface area contributed by atoms with Gasteiger partial charge in [-0.1, -0.05) is 29.8 Å². The van der Waals surface area contributed by atoms with E-state index in [0.717, 1.165) is 29.6 Å². The molecule has 1 N–H and O–H groups in total. The van der Waals surface area contributed by atoms with Crippen molar-refractivity contribution in [3.8, 4) is 0 Å². The standard InChI is InChI=1S/C22H27N5O2/c1-13(2)27-18-11-23-26(22(29)20(18)21(25-27)17-9-10-17)12-19(28)24-15(4)16-7-5-14(3)6-8-16/h5-8,11,13,15,17H,9-10,12H2,1-4H3,(H,24,28)/t15-/m0/s1. The minimum Gasteiger partial charge on any atom is -0.348 e. The molecule has 152 valence electrons. The molecule has 4 rings (SSSR count). The van der Waals surface area contributed by atoms with Crippen LogP contribution in [-0.2, 0) is 11.3 Å². The molecule has 0 saturated heterocycles. The number of carbonyl (C=O) groups is 1. The largest absolute Gasteiger partial charge is 0.348 e. The highest BCUT2D eigenvalue weighted by molar-refractivity contribution is 5.82. The molecule has 7 heteroatoms. The second-order valence-electron chi connectivity index (χ2n) is 8.27. The smallest absolute Gasteiger partial charge is 0.278 e. The normalized spacial score (nSPS) is 15.1. The van der Waals surface area contributed by atoms with Gasteiger partial charge in [-0.3, -0.25) is 14.3 Å². The summed E-state index contributed by atoms with van der Waals surface area (Å²) in [6, 6.07) is 8.03. The maximum Gasteiger partial charge on any atom is 0.278 e. The van der Waals surface area contributed by atoms with Crippen molar-refractivity contribution in [3.63, 3.8) is 0 Å². The van der Waals surface area contributed by atoms with Crippen molar-refractivity contribution in [1.82, 2.24) is 24.9 Å². The fourth-order valence-corrected chi connectivity index (χ4v) is 3.62. The maximum absolute atomic E-state index is 13.1. The molecule has 2 heterocycles. The Morgan fingerprint density at radius 1 is 1.21 bits per heavy atom. The molecule has 7 nitrogen and oxygen atoms in total. The van der Waals surface area contributed by atoms with E-state index in [9.17, 15) is 9.59 Å². The Hall–Kier alpha value is -2.96. The van der Waals surface area contributed by atoms with Gasteiger partial charge in [-0.05, 0) is 46.1 Å². The number of aromatic nitrogens is 4. The van der Waals surface area contributed by atoms with Crippen LogP contribution in [0.5, 0.6) is 0 Å². The van der Waals surface area contributed by atoms with Crippen LogP contribution in [0, 0.1) is 6.92 Å². The van der Waals surface area contributed by atoms with E-state index in [1.54, 1.807) is 6.20 Å². The van der Waals surface area contributed by atoms with Crippen molar-refractivity contribution in [1.29, 1.82) is 0 Å². The van der Waals surface area contributed by atoms with Gasteiger partial charge in [-0.2, -0.15) is 10.2 Å². The number of nitrogens with zero attached hydrogens (tertiary/aromatic N) is 4. The highest BCUT2D eigenvalue weighted by Crippen LogP contribution is 2.41. The summed E-state index contributed by atoms with van der Waals surface area (Å²) in [5.74, 6) is 0.104. The Bertz CT molecular complexity index is 1110. The van der Waals surface area contributed by atoms with Crippen LogP contribution in [0.1, 0.15) is 68.4 Å². The molecule has 1 aliphatic rings. The first-order chi connectivity index (χ1) is 13.8. The number of fused-ring (bicyclic) bond motifs is 1. The van der Waals surface area contributed by atoms with E-state index in [-0.39, 0.29) is 30.1 Å². The number of nitrogens with one attached hydrogen (secondary N) is 1. The molecule has 0 aliphatic heterocycles. The van der Waals surface area contributed by atoms with Crippen LogP contribution in [0.15, 0.2) is 35.3 Å². The minimum absolute atomic E-state index is 0.109. The lowest BCUT2D eigenvalue weighted by Crippen LogP contribution is -2.35. The predicted octanol–water partition coefficient (Wildman–Crippen LogP) is 3.24. The number of benzene rings is 1. The molecule has 1 aromatic carbocycles. The summed E-state index contributed by atoms with van der Waals surface area (Å²) in [6.45, 7) is 7.92. The maximum atomic E-state index is 13.1. The zero-order chi connectivity index (χ0) is 20.7. The molecule has 1 amide bonds. The molecule has 1 saturated carbocycles. The Morgan fingerprint density at radius 3 is 2.52 bits per heavy atom. The van der Waals surface area contributed by atoms with E-state index in [2.05, 4.69) is 15.5 Å². The zero-order valence-electron chi connectivity index (χ0n) is 17.3. The third kappa shape index (κ3) is 3.81. The number of hydrogen-bond donors (Lipinski definition) is 1. The third-order valence-corrected chi connectivity index (χ3v) is 5.44. The molecule has 0 radical (unpaired) electrons. The van der Waals surface area contributed by atoms with Crippen LogP contribution in [0.2, 0.25) is 0 Å². The minimum atomic E-state index is -0.241. The van der Waals surface area contributed by atoms with Crippen LogP contribution in [0.3, 0.4) is 0 Å². The van der Waals surface area contributed by atoms with Crippen LogP contribution in [0.25, 0.3) is 10.9 Å². The Balaban J connectivity index is 1.58. The molecular weight excluding hydrogens is 366 g/mol. The monoisotopic (exact) mass is 393 g/mol. The first-order valence-corrected chi connectivity index (χ1v) is 10.2. The van der Waals surface area contributed by atoms with Crippen molar-refractivity contribution in [2.45, 2.75) is 65.1 Å². The lowest BCUT2D eigenvalue weighted by Gasteiger charge is -2.15. The van der Waals surface area contributed by atoms with E-state index < -0.39 is 0 Å². The number of aryl methyl sites for hydroxylation is 1. The van der Waals surface area contributed by atoms with Crippen molar-refractivity contribution < 1.29 is 4.79 Å². The summed E-state index contributed by atoms with van der Waals surface area (Å²) in [6.07, 6.45) is 3.77. The van der Waals surface area contributed by atoms with Gasteiger partial charge in [0.2, 0.25) is 5.91 Å². The van der Waals surface area contributed by atoms with E-state index in [1.807, 2.05) is 56.6 Å². The summed E-state index contributed by atoms with van der Waals surface area (Å²) in [5, 5.41) is 12.5. The van der Waals surface area contributed by atoms with Gasteiger partial charge in [0.1, 0.15) is 6.54 Å². The van der Waals surface area contributed by atoms with E-state index in [1.165, 1.54) is 10.2 Å². The van der Waals surface area contributed by atoms with Crippen molar-refractivity contribution in [3.05, 3.63) is 57.6 Å². The summed E-state index contributed by atoms with van der Waals surface area (Å²) < 4.78 is 3.11. The number of amides is 1. The average Bonchev–Trinajstić information content (AvgIpc) is 3.44. The Morgan fingerprint density at radius 2 is 1.90 bits per heavy atom. The molecule has 0 spiro atoms. The highest BCUT2D eigenvalue weighted by Gasteiger charge is 2.31. The van der Waals surface area contributed by atoms with Gasteiger partial charge in [-0.15, -0.1) is 0 Å². The van der Waals surface area contributed by atoms with E-state index >= 15 is 0 Å². The number of rotatable bonds is 6. The predicted molar refractivity (Wildman–Crippen MR) is 112 cm³/mol. The van der Waals surface area contributed by atoms with E-state index in [4.69, 9.17) is 0 Å². The van der Waals surface area contributed by atoms with Crippen LogP contribution in [-0.4, -0.2) is 25.5 Å². The molecule has 1 atom stereocenters. The van der Waals surface area contributed by atoms with Crippen LogP contribution >= 0.6 is 0 Å². The Labute approximate surface area is 169 Å². The third-order valence-electron chi connectivity index (χ3n) is 5.44. The summed E-state index contributed by atoms with van der Waals surface area (Å²) in [7, 11) is 0. The van der Waals surface area contributed by atoms with Crippen molar-refractivity contribution in [2.75, 3.05) is 0 Å². The lowest BCUT2D eigenvalue weighted by atomic mass is 10.1. The summed E-state index contributed by atoms with van der Waals surface area (Å²) in [4.78, 5) is 25.7. The average molecular weight is 393 g/mol. The second-order valence-corrected chi connectivity index (χ2v) is 8.27. The molecule has 1 fully saturated rings. The lowest BCUT2D eigenvalue weighted by molar-refractivity contribution is -0.122. The highest BCUT2D eigenvalue weighted by atomic mass is 16.2. The van der Waals surface area contributed by atoms with Gasteiger partial charge in [0.15, 0.2) is 0 Å². The zero-order valence-corrected chi connectivity index (χ0v) is 17.3. The van der Waals surface area contributed by atoms with Gasteiger partial charge >= 0.3 is 0 Å². The van der Waals surface area contributed by atoms with Gasteiger partial charge in [-0.25, -0.2) is 4.68 Å². The van der Waals surface area contributed by atoms with Crippen LogP contribution in [0.4, 0.5) is 0 Å². The molecular formula is C22H27N5O2. The van der Waals surface area contributed by atoms with Crippen molar-refractivity contribution in [2.24, 2.45) is 0 Å². The van der Waals surface area contributed by atoms with E-state index in [0.29, 0.717) is 11.3 Å². The number of hydrogen-bond acceptors (Lipinski definition) is 4. The number of carbonyl (C=O) groups excluding carboxylic acids is 1. The second kappa shape index (κ2) is 7.46. The van der Waals surface area contributed by atoms with Crippen molar-refractivity contribution >= 4 is 16.8 Å². The first-order valence-electron chi connectivity index (χ1n) is 10.2. The molecule has 0 bridgehead atoms. The summed E-state index contributed by atoms with van der Waals surface area (Å²) >= 11 is 0. The molecule has 29 heavy (non-hydrogen) atoms. The molecule has 2 aromatic heterocycles. The first kappa shape index (κ1) is 19.4. The van der Waals surface area contributed by atoms with Gasteiger partial charge < -0.3 is 5.32 Å².